The maximum atomic E-state index is 2.64. The Labute approximate surface area is 468 Å². The van der Waals surface area contributed by atoms with Crippen LogP contribution in [-0.2, 0) is 16.2 Å². The van der Waals surface area contributed by atoms with Crippen LogP contribution in [0, 0.1) is 6.92 Å². The van der Waals surface area contributed by atoms with Gasteiger partial charge in [-0.3, -0.25) is 0 Å². The molecule has 0 unspecified atom stereocenters. The molecule has 0 amide bonds. The van der Waals surface area contributed by atoms with E-state index in [1.165, 1.54) is 207 Å². The van der Waals surface area contributed by atoms with Gasteiger partial charge in [-0.2, -0.15) is 0 Å². The van der Waals surface area contributed by atoms with Crippen LogP contribution < -0.4 is 0 Å². The summed E-state index contributed by atoms with van der Waals surface area (Å²) in [6.45, 7) is 16.6. The maximum Gasteiger partial charge on any atom is 0.0215 e. The van der Waals surface area contributed by atoms with E-state index in [0.29, 0.717) is 0 Å². The molecule has 0 saturated heterocycles. The molecule has 9 aromatic rings. The molecule has 0 aliphatic heterocycles. The molecule has 0 spiro atoms. The fourth-order valence-electron chi connectivity index (χ4n) is 14.6. The molecule has 0 atom stereocenters. The first-order chi connectivity index (χ1) is 38.0. The fourth-order valence-corrected chi connectivity index (χ4v) is 14.6. The number of unbranched alkanes of at least 4 members (excludes halogenated alkanes) is 10. The van der Waals surface area contributed by atoms with Crippen molar-refractivity contribution in [3.05, 3.63) is 227 Å². The van der Waals surface area contributed by atoms with Crippen molar-refractivity contribution >= 4 is 0 Å². The van der Waals surface area contributed by atoms with Gasteiger partial charge in [0.25, 0.3) is 0 Å². The third-order valence-corrected chi connectivity index (χ3v) is 19.0. The predicted octanol–water partition coefficient (Wildman–Crippen LogP) is 22.7. The summed E-state index contributed by atoms with van der Waals surface area (Å²) in [4.78, 5) is 0. The summed E-state index contributed by atoms with van der Waals surface area (Å²) < 4.78 is 0. The minimum Gasteiger partial charge on any atom is -0.0654 e. The largest absolute Gasteiger partial charge is 0.0654 e. The summed E-state index contributed by atoms with van der Waals surface area (Å²) in [5, 5.41) is 0. The quantitative estimate of drug-likeness (QED) is 0.0708. The molecular weight excluding hydrogens is 937 g/mol. The van der Waals surface area contributed by atoms with Gasteiger partial charge in [-0.05, 0) is 179 Å². The summed E-state index contributed by atoms with van der Waals surface area (Å²) in [6.07, 6.45) is 18.4. The van der Waals surface area contributed by atoms with Crippen molar-refractivity contribution in [3.8, 4) is 89.0 Å². The van der Waals surface area contributed by atoms with E-state index in [1.807, 2.05) is 0 Å². The Morgan fingerprint density at radius 3 is 1.15 bits per heavy atom. The van der Waals surface area contributed by atoms with Gasteiger partial charge >= 0.3 is 0 Å². The molecule has 0 saturated carbocycles. The summed E-state index contributed by atoms with van der Waals surface area (Å²) in [5.41, 5.74) is 30.9. The van der Waals surface area contributed by atoms with Gasteiger partial charge in [-0.1, -0.05) is 276 Å². The van der Waals surface area contributed by atoms with E-state index in [-0.39, 0.29) is 16.2 Å². The average molecular weight is 1020 g/mol. The highest BCUT2D eigenvalue weighted by atomic mass is 14.5. The van der Waals surface area contributed by atoms with E-state index in [2.05, 4.69) is 237 Å². The maximum absolute atomic E-state index is 2.64. The SMILES string of the molecule is CCCCCCCCC1(CCCCCCCC)c2ccccc2-c2ccc(-c3ccc4c(c3)C(C)(C)c3cc(-c5cc(-c6ccccc6)c(-c6ccc7c(c6)C(C)(C)c6cc(C)ccc6-7)c(-c6ccccc6)c5)ccc3-4)cc21. The molecule has 0 N–H and O–H groups in total. The Hall–Kier alpha value is -7.02. The summed E-state index contributed by atoms with van der Waals surface area (Å²) >= 11 is 0. The van der Waals surface area contributed by atoms with E-state index in [4.69, 9.17) is 0 Å². The van der Waals surface area contributed by atoms with Gasteiger partial charge in [0.15, 0.2) is 0 Å². The van der Waals surface area contributed by atoms with E-state index >= 15 is 0 Å². The molecule has 0 radical (unpaired) electrons. The number of hydrogen-bond acceptors (Lipinski definition) is 0. The van der Waals surface area contributed by atoms with Crippen LogP contribution >= 0.6 is 0 Å². The van der Waals surface area contributed by atoms with Crippen LogP contribution in [0.4, 0.5) is 0 Å². The van der Waals surface area contributed by atoms with Crippen molar-refractivity contribution < 1.29 is 0 Å². The van der Waals surface area contributed by atoms with Crippen LogP contribution in [-0.4, -0.2) is 0 Å². The molecule has 0 fully saturated rings. The second kappa shape index (κ2) is 21.3. The van der Waals surface area contributed by atoms with Gasteiger partial charge < -0.3 is 0 Å². The molecule has 12 rings (SSSR count). The molecule has 0 bridgehead atoms. The first kappa shape index (κ1) is 51.7. The number of hydrogen-bond donors (Lipinski definition) is 0. The minimum absolute atomic E-state index is 0.0585. The van der Waals surface area contributed by atoms with Gasteiger partial charge in [0, 0.05) is 16.2 Å². The van der Waals surface area contributed by atoms with Crippen molar-refractivity contribution in [1.82, 2.24) is 0 Å². The lowest BCUT2D eigenvalue weighted by atomic mass is 9.70. The molecule has 0 nitrogen and oxygen atoms in total. The van der Waals surface area contributed by atoms with Crippen LogP contribution in [0.3, 0.4) is 0 Å². The molecule has 0 heterocycles. The highest BCUT2D eigenvalue weighted by molar-refractivity contribution is 5.99. The van der Waals surface area contributed by atoms with E-state index in [9.17, 15) is 0 Å². The Balaban J connectivity index is 0.921. The minimum atomic E-state index is -0.194. The summed E-state index contributed by atoms with van der Waals surface area (Å²) in [5.74, 6) is 0. The topological polar surface area (TPSA) is 0 Å². The van der Waals surface area contributed by atoms with Crippen LogP contribution in [0.15, 0.2) is 188 Å². The molecule has 0 heteroatoms. The first-order valence-electron chi connectivity index (χ1n) is 30.1. The van der Waals surface area contributed by atoms with Gasteiger partial charge in [0.1, 0.15) is 0 Å². The smallest absolute Gasteiger partial charge is 0.0215 e. The Morgan fingerprint density at radius 1 is 0.269 bits per heavy atom. The number of rotatable bonds is 19. The zero-order valence-corrected chi connectivity index (χ0v) is 47.8. The van der Waals surface area contributed by atoms with E-state index in [1.54, 1.807) is 11.1 Å². The van der Waals surface area contributed by atoms with Crippen LogP contribution in [0.2, 0.25) is 0 Å². The van der Waals surface area contributed by atoms with Gasteiger partial charge in [0.2, 0.25) is 0 Å². The molecule has 78 heavy (non-hydrogen) atoms. The number of benzene rings is 9. The van der Waals surface area contributed by atoms with Crippen LogP contribution in [0.25, 0.3) is 89.0 Å². The average Bonchev–Trinajstić information content (AvgIpc) is 4.21. The third kappa shape index (κ3) is 9.12. The Morgan fingerprint density at radius 2 is 0.641 bits per heavy atom. The number of fused-ring (bicyclic) bond motifs is 9. The van der Waals surface area contributed by atoms with Crippen molar-refractivity contribution in [3.63, 3.8) is 0 Å². The molecular formula is C78H80. The second-order valence-electron chi connectivity index (χ2n) is 24.7. The summed E-state index contributed by atoms with van der Waals surface area (Å²) in [6, 6.07) is 73.2. The van der Waals surface area contributed by atoms with E-state index < -0.39 is 0 Å². The highest BCUT2D eigenvalue weighted by Crippen LogP contribution is 2.57. The van der Waals surface area contributed by atoms with Gasteiger partial charge in [-0.15, -0.1) is 0 Å². The molecule has 392 valence electrons. The van der Waals surface area contributed by atoms with E-state index in [0.717, 1.165) is 0 Å². The zero-order chi connectivity index (χ0) is 53.6. The predicted molar refractivity (Wildman–Crippen MR) is 336 cm³/mol. The number of aryl methyl sites for hydroxylation is 1. The summed E-state index contributed by atoms with van der Waals surface area (Å²) in [7, 11) is 0. The molecule has 9 aromatic carbocycles. The van der Waals surface area contributed by atoms with Gasteiger partial charge in [-0.25, -0.2) is 0 Å². The lowest BCUT2D eigenvalue weighted by molar-refractivity contribution is 0.398. The third-order valence-electron chi connectivity index (χ3n) is 19.0. The van der Waals surface area contributed by atoms with Gasteiger partial charge in [0.05, 0.1) is 0 Å². The van der Waals surface area contributed by atoms with Crippen molar-refractivity contribution in [2.45, 2.75) is 155 Å². The van der Waals surface area contributed by atoms with Crippen LogP contribution in [0.5, 0.6) is 0 Å². The highest BCUT2D eigenvalue weighted by Gasteiger charge is 2.43. The fraction of sp³-hybridized carbons (Fsp3) is 0.308. The van der Waals surface area contributed by atoms with Crippen molar-refractivity contribution in [1.29, 1.82) is 0 Å². The molecule has 3 aliphatic rings. The van der Waals surface area contributed by atoms with Crippen LogP contribution in [0.1, 0.15) is 170 Å². The molecule has 0 aromatic heterocycles. The lowest BCUT2D eigenvalue weighted by Crippen LogP contribution is -2.25. The second-order valence-corrected chi connectivity index (χ2v) is 24.7. The van der Waals surface area contributed by atoms with Crippen molar-refractivity contribution in [2.75, 3.05) is 0 Å². The Kier molecular flexibility index (Phi) is 14.1. The first-order valence-corrected chi connectivity index (χ1v) is 30.1. The standard InChI is InChI=1S/C78H80/c1-8-10-12-14-16-26-44-78(45-27-17-15-13-11-9-2)69-33-25-24-32-61(69)66-42-36-57(51-74(66)78)56-35-40-63-64-41-37-58(50-72(64)77(6,7)71(63)49-56)60-47-67(54-28-20-18-21-29-54)75(68(48-60)55-30-22-19-23-31-55)59-38-43-65-62-39-34-53(3)46-70(62)76(4,5)73(65)52-59/h18-25,28-43,46-52H,8-17,26-27,44-45H2,1-7H3. The lowest BCUT2D eigenvalue weighted by Gasteiger charge is -2.33. The normalized spacial score (nSPS) is 14.6. The van der Waals surface area contributed by atoms with Crippen molar-refractivity contribution in [2.24, 2.45) is 0 Å². The molecule has 3 aliphatic carbocycles. The zero-order valence-electron chi connectivity index (χ0n) is 47.8. The monoisotopic (exact) mass is 1020 g/mol. The Bertz CT molecular complexity index is 3580.